The predicted molar refractivity (Wildman–Crippen MR) is 140 cm³/mol. The number of alkyl halides is 6. The molecule has 0 aliphatic carbocycles. The fourth-order valence-corrected chi connectivity index (χ4v) is 5.56. The summed E-state index contributed by atoms with van der Waals surface area (Å²) in [5.41, 5.74) is -0.765. The smallest absolute Gasteiger partial charge is 0.368 e. The molecule has 0 bridgehead atoms. The molecule has 0 saturated carbocycles. The average molecular weight is 589 g/mol. The molecular weight excluding hydrogens is 565 g/mol. The second kappa shape index (κ2) is 10.9. The summed E-state index contributed by atoms with van der Waals surface area (Å²) in [6.07, 6.45) is -10.1. The van der Waals surface area contributed by atoms with Crippen LogP contribution in [0.5, 0.6) is 0 Å². The van der Waals surface area contributed by atoms with Crippen molar-refractivity contribution in [1.29, 1.82) is 0 Å². The molecule has 0 N–H and O–H groups in total. The summed E-state index contributed by atoms with van der Waals surface area (Å²) in [4.78, 5) is 18.2. The van der Waals surface area contributed by atoms with Crippen LogP contribution < -0.4 is 0 Å². The largest absolute Gasteiger partial charge is 0.416 e. The molecule has 42 heavy (non-hydrogen) atoms. The highest BCUT2D eigenvalue weighted by molar-refractivity contribution is 5.92. The Morgan fingerprint density at radius 3 is 2.07 bits per heavy atom. The third-order valence-electron chi connectivity index (χ3n) is 7.62. The van der Waals surface area contributed by atoms with E-state index in [1.165, 1.54) is 31.2 Å². The van der Waals surface area contributed by atoms with E-state index < -0.39 is 53.5 Å². The van der Waals surface area contributed by atoms with Crippen molar-refractivity contribution < 1.29 is 40.3 Å². The van der Waals surface area contributed by atoms with Crippen molar-refractivity contribution >= 4 is 17.2 Å². The molecular formula is C31H23F7N2O2. The van der Waals surface area contributed by atoms with Crippen molar-refractivity contribution in [3.63, 3.8) is 0 Å². The number of nitrogens with zero attached hydrogens (tertiary/aromatic N) is 2. The van der Waals surface area contributed by atoms with Crippen LogP contribution >= 0.6 is 0 Å². The monoisotopic (exact) mass is 588 g/mol. The second-order valence-corrected chi connectivity index (χ2v) is 10.3. The normalized spacial score (nSPS) is 21.5. The third kappa shape index (κ3) is 5.90. The molecule has 11 heteroatoms. The summed E-state index contributed by atoms with van der Waals surface area (Å²) in [6, 6.07) is 13.0. The number of ether oxygens (including phenoxy) is 1. The Bertz CT molecular complexity index is 1520. The number of fused-ring (bicyclic) bond motifs is 1. The van der Waals surface area contributed by atoms with Crippen molar-refractivity contribution in [3.05, 3.63) is 118 Å². The molecule has 1 saturated heterocycles. The van der Waals surface area contributed by atoms with Crippen LogP contribution in [0.2, 0.25) is 0 Å². The van der Waals surface area contributed by atoms with E-state index in [4.69, 9.17) is 11.3 Å². The van der Waals surface area contributed by atoms with E-state index in [1.54, 1.807) is 29.2 Å². The Balaban J connectivity index is 1.52. The maximum Gasteiger partial charge on any atom is 0.416 e. The minimum atomic E-state index is -5.01. The highest BCUT2D eigenvalue weighted by atomic mass is 19.4. The standard InChI is InChI=1S/C31H23F7N2O2/c1-17(20-11-22(30(33,34)35)15-23(12-20)31(36,37)38)42-27-16-40-26(29(27)19-3-7-24(32)8-4-19)13-21(14-28(40)41)18-5-9-25(39-2)10-6-18/h3-13,15,17,26-27,29H,14,16H2,1H3/t17-,26?,27?,29+/m1/s1. The number of amides is 1. The lowest BCUT2D eigenvalue weighted by Gasteiger charge is -2.31. The van der Waals surface area contributed by atoms with Gasteiger partial charge in [0.25, 0.3) is 0 Å². The Morgan fingerprint density at radius 1 is 0.929 bits per heavy atom. The number of hydrogen-bond donors (Lipinski definition) is 0. The molecule has 4 atom stereocenters. The second-order valence-electron chi connectivity index (χ2n) is 10.3. The number of carbonyl (C=O) groups is 1. The number of carbonyl (C=O) groups excluding carboxylic acids is 1. The fraction of sp³-hybridized carbons (Fsp3) is 0.290. The van der Waals surface area contributed by atoms with E-state index in [1.807, 2.05) is 6.08 Å². The van der Waals surface area contributed by atoms with Crippen molar-refractivity contribution in [1.82, 2.24) is 4.90 Å². The molecule has 0 aromatic heterocycles. The van der Waals surface area contributed by atoms with Gasteiger partial charge in [0.05, 0.1) is 42.4 Å². The molecule has 5 rings (SSSR count). The van der Waals surface area contributed by atoms with Crippen LogP contribution in [0.25, 0.3) is 10.4 Å². The van der Waals surface area contributed by atoms with Gasteiger partial charge in [-0.05, 0) is 59.5 Å². The van der Waals surface area contributed by atoms with Gasteiger partial charge in [-0.15, -0.1) is 0 Å². The SMILES string of the molecule is [C-]#[N+]c1ccc(C2=CC3[C@H](c4ccc(F)cc4)C(O[C@H](C)c4cc(C(F)(F)F)cc(C(F)(F)F)c4)CN3C(=O)C2)cc1. The summed E-state index contributed by atoms with van der Waals surface area (Å²) >= 11 is 0. The zero-order chi connectivity index (χ0) is 30.4. The quantitative estimate of drug-likeness (QED) is 0.222. The van der Waals surface area contributed by atoms with Crippen LogP contribution in [-0.2, 0) is 21.9 Å². The van der Waals surface area contributed by atoms with E-state index in [0.717, 1.165) is 5.56 Å². The maximum atomic E-state index is 13.8. The Hall–Kier alpha value is -4.17. The number of hydrogen-bond acceptors (Lipinski definition) is 2. The van der Waals surface area contributed by atoms with Crippen LogP contribution in [0, 0.1) is 12.4 Å². The van der Waals surface area contributed by atoms with Gasteiger partial charge in [-0.1, -0.05) is 42.5 Å². The Kier molecular flexibility index (Phi) is 7.62. The van der Waals surface area contributed by atoms with E-state index in [0.29, 0.717) is 29.0 Å². The van der Waals surface area contributed by atoms with Crippen LogP contribution in [0.4, 0.5) is 36.4 Å². The summed E-state index contributed by atoms with van der Waals surface area (Å²) in [6.45, 7) is 8.53. The van der Waals surface area contributed by atoms with Crippen LogP contribution in [0.1, 0.15) is 53.2 Å². The molecule has 2 unspecified atom stereocenters. The Morgan fingerprint density at radius 2 is 1.52 bits per heavy atom. The lowest BCUT2D eigenvalue weighted by atomic mass is 9.85. The van der Waals surface area contributed by atoms with E-state index in [2.05, 4.69) is 4.85 Å². The van der Waals surface area contributed by atoms with Gasteiger partial charge in [-0.2, -0.15) is 26.3 Å². The first-order valence-corrected chi connectivity index (χ1v) is 12.9. The predicted octanol–water partition coefficient (Wildman–Crippen LogP) is 8.34. The summed E-state index contributed by atoms with van der Waals surface area (Å²) in [5.74, 6) is -1.34. The third-order valence-corrected chi connectivity index (χ3v) is 7.62. The highest BCUT2D eigenvalue weighted by Crippen LogP contribution is 2.44. The van der Waals surface area contributed by atoms with Gasteiger partial charge < -0.3 is 9.64 Å². The zero-order valence-electron chi connectivity index (χ0n) is 22.0. The molecule has 0 radical (unpaired) electrons. The highest BCUT2D eigenvalue weighted by Gasteiger charge is 2.47. The van der Waals surface area contributed by atoms with E-state index >= 15 is 0 Å². The van der Waals surface area contributed by atoms with Gasteiger partial charge in [0.2, 0.25) is 5.91 Å². The minimum Gasteiger partial charge on any atom is -0.368 e. The first kappa shape index (κ1) is 29.3. The van der Waals surface area contributed by atoms with Crippen molar-refractivity contribution in [2.75, 3.05) is 6.54 Å². The fourth-order valence-electron chi connectivity index (χ4n) is 5.56. The summed E-state index contributed by atoms with van der Waals surface area (Å²) in [5, 5.41) is 0. The van der Waals surface area contributed by atoms with Gasteiger partial charge >= 0.3 is 12.4 Å². The van der Waals surface area contributed by atoms with Crippen LogP contribution in [0.15, 0.2) is 72.8 Å². The van der Waals surface area contributed by atoms with Crippen LogP contribution in [0.3, 0.4) is 0 Å². The molecule has 1 fully saturated rings. The molecule has 0 spiro atoms. The van der Waals surface area contributed by atoms with Gasteiger partial charge in [0.1, 0.15) is 5.82 Å². The van der Waals surface area contributed by atoms with Gasteiger partial charge in [-0.25, -0.2) is 9.24 Å². The molecule has 3 aromatic carbocycles. The minimum absolute atomic E-state index is 0.0292. The summed E-state index contributed by atoms with van der Waals surface area (Å²) in [7, 11) is 0. The first-order chi connectivity index (χ1) is 19.7. The number of rotatable bonds is 5. The molecule has 1 amide bonds. The van der Waals surface area contributed by atoms with Gasteiger partial charge in [0.15, 0.2) is 5.69 Å². The lowest BCUT2D eigenvalue weighted by molar-refractivity contribution is -0.143. The van der Waals surface area contributed by atoms with Gasteiger partial charge in [-0.3, -0.25) is 4.79 Å². The molecule has 4 nitrogen and oxygen atoms in total. The lowest BCUT2D eigenvalue weighted by Crippen LogP contribution is -2.39. The van der Waals surface area contributed by atoms with Crippen molar-refractivity contribution in [3.8, 4) is 0 Å². The summed E-state index contributed by atoms with van der Waals surface area (Å²) < 4.78 is 101. The zero-order valence-corrected chi connectivity index (χ0v) is 22.0. The van der Waals surface area contributed by atoms with Crippen molar-refractivity contribution in [2.24, 2.45) is 0 Å². The molecule has 2 aliphatic rings. The number of benzene rings is 3. The molecule has 2 aliphatic heterocycles. The van der Waals surface area contributed by atoms with E-state index in [9.17, 15) is 35.5 Å². The molecule has 218 valence electrons. The van der Waals surface area contributed by atoms with Crippen molar-refractivity contribution in [2.45, 2.75) is 49.9 Å². The number of halogens is 7. The van der Waals surface area contributed by atoms with E-state index in [-0.39, 0.29) is 30.5 Å². The average Bonchev–Trinajstić information content (AvgIpc) is 3.30. The molecule has 3 aromatic rings. The molecule has 2 heterocycles. The Labute approximate surface area is 236 Å². The van der Waals surface area contributed by atoms with Crippen LogP contribution in [-0.4, -0.2) is 29.5 Å². The van der Waals surface area contributed by atoms with Gasteiger partial charge in [0, 0.05) is 12.5 Å². The first-order valence-electron chi connectivity index (χ1n) is 12.9. The topological polar surface area (TPSA) is 33.9 Å². The maximum absolute atomic E-state index is 13.8.